The number of carbonyl (C=O) groups excluding carboxylic acids is 1. The first kappa shape index (κ1) is 12.5. The minimum absolute atomic E-state index is 0.214. The molecule has 0 aromatic carbocycles. The van der Waals surface area contributed by atoms with Crippen molar-refractivity contribution in [2.24, 2.45) is 0 Å². The second-order valence-corrected chi connectivity index (χ2v) is 4.54. The molecule has 1 N–H and O–H groups in total. The molecule has 1 aliphatic heterocycles. The van der Waals surface area contributed by atoms with Crippen molar-refractivity contribution in [2.75, 3.05) is 33.4 Å². The Balaban J connectivity index is 2.32. The fourth-order valence-electron chi connectivity index (χ4n) is 1.84. The van der Waals surface area contributed by atoms with E-state index < -0.39 is 0 Å². The molecule has 0 aromatic heterocycles. The summed E-state index contributed by atoms with van der Waals surface area (Å²) in [6, 6.07) is 0. The molecule has 88 valence electrons. The monoisotopic (exact) mass is 214 g/mol. The number of methoxy groups -OCH3 is 1. The van der Waals surface area contributed by atoms with E-state index in [2.05, 4.69) is 5.32 Å². The molecule has 1 rings (SSSR count). The maximum absolute atomic E-state index is 11.9. The summed E-state index contributed by atoms with van der Waals surface area (Å²) in [5, 5.41) is 3.22. The van der Waals surface area contributed by atoms with Gasteiger partial charge in [0.25, 0.3) is 0 Å². The zero-order chi connectivity index (χ0) is 11.3. The molecule has 0 radical (unpaired) electrons. The summed E-state index contributed by atoms with van der Waals surface area (Å²) in [5.74, 6) is 0.214. The van der Waals surface area contributed by atoms with Crippen LogP contribution in [0.4, 0.5) is 0 Å². The number of nitrogens with one attached hydrogen (secondary N) is 1. The summed E-state index contributed by atoms with van der Waals surface area (Å²) < 4.78 is 4.98. The van der Waals surface area contributed by atoms with Gasteiger partial charge in [0.05, 0.1) is 5.54 Å². The van der Waals surface area contributed by atoms with Crippen LogP contribution in [-0.2, 0) is 9.53 Å². The van der Waals surface area contributed by atoms with E-state index in [-0.39, 0.29) is 11.4 Å². The van der Waals surface area contributed by atoms with Crippen LogP contribution in [-0.4, -0.2) is 49.7 Å². The second kappa shape index (κ2) is 5.47. The number of rotatable bonds is 5. The van der Waals surface area contributed by atoms with Gasteiger partial charge in [-0.1, -0.05) is 0 Å². The lowest BCUT2D eigenvalue weighted by Crippen LogP contribution is -2.61. The van der Waals surface area contributed by atoms with Gasteiger partial charge >= 0.3 is 0 Å². The third-order valence-electron chi connectivity index (χ3n) is 2.80. The number of piperazine rings is 1. The van der Waals surface area contributed by atoms with Crippen LogP contribution >= 0.6 is 0 Å². The number of ether oxygens (including phenoxy) is 1. The quantitative estimate of drug-likeness (QED) is 0.682. The number of hydrogen-bond donors (Lipinski definition) is 1. The fourth-order valence-corrected chi connectivity index (χ4v) is 1.84. The van der Waals surface area contributed by atoms with Gasteiger partial charge in [-0.25, -0.2) is 0 Å². The van der Waals surface area contributed by atoms with E-state index in [9.17, 15) is 4.79 Å². The molecule has 1 amide bonds. The second-order valence-electron chi connectivity index (χ2n) is 4.54. The van der Waals surface area contributed by atoms with Crippen LogP contribution in [0.1, 0.15) is 26.7 Å². The van der Waals surface area contributed by atoms with Gasteiger partial charge < -0.3 is 15.0 Å². The van der Waals surface area contributed by atoms with Crippen LogP contribution in [0, 0.1) is 0 Å². The molecular formula is C11H22N2O2. The van der Waals surface area contributed by atoms with Gasteiger partial charge in [0.1, 0.15) is 0 Å². The molecule has 1 heterocycles. The van der Waals surface area contributed by atoms with Crippen molar-refractivity contribution in [3.63, 3.8) is 0 Å². The van der Waals surface area contributed by atoms with Gasteiger partial charge in [0, 0.05) is 33.4 Å². The Morgan fingerprint density at radius 2 is 2.20 bits per heavy atom. The Kier molecular flexibility index (Phi) is 4.54. The van der Waals surface area contributed by atoms with Crippen molar-refractivity contribution in [3.05, 3.63) is 0 Å². The van der Waals surface area contributed by atoms with Crippen LogP contribution in [0.2, 0.25) is 0 Å². The Morgan fingerprint density at radius 3 is 2.87 bits per heavy atom. The SMILES string of the molecule is COCCCCN1CCNC(C)(C)C1=O. The summed E-state index contributed by atoms with van der Waals surface area (Å²) in [5.41, 5.74) is -0.389. The molecule has 0 unspecified atom stereocenters. The number of nitrogens with zero attached hydrogens (tertiary/aromatic N) is 1. The van der Waals surface area contributed by atoms with E-state index in [4.69, 9.17) is 4.74 Å². The molecule has 0 saturated carbocycles. The lowest BCUT2D eigenvalue weighted by Gasteiger charge is -2.38. The van der Waals surface area contributed by atoms with Crippen LogP contribution < -0.4 is 5.32 Å². The predicted molar refractivity (Wildman–Crippen MR) is 59.8 cm³/mol. The predicted octanol–water partition coefficient (Wildman–Crippen LogP) is 0.623. The zero-order valence-corrected chi connectivity index (χ0v) is 10.0. The molecule has 0 aliphatic carbocycles. The first-order valence-corrected chi connectivity index (χ1v) is 5.61. The van der Waals surface area contributed by atoms with E-state index in [0.29, 0.717) is 0 Å². The third kappa shape index (κ3) is 3.47. The van der Waals surface area contributed by atoms with Crippen LogP contribution in [0.3, 0.4) is 0 Å². The molecule has 0 bridgehead atoms. The minimum atomic E-state index is -0.389. The van der Waals surface area contributed by atoms with Crippen molar-refractivity contribution in [1.29, 1.82) is 0 Å². The largest absolute Gasteiger partial charge is 0.385 e. The van der Waals surface area contributed by atoms with Crippen molar-refractivity contribution in [2.45, 2.75) is 32.2 Å². The third-order valence-corrected chi connectivity index (χ3v) is 2.80. The maximum atomic E-state index is 11.9. The summed E-state index contributed by atoms with van der Waals surface area (Å²) >= 11 is 0. The average Bonchev–Trinajstić information content (AvgIpc) is 2.19. The van der Waals surface area contributed by atoms with E-state index in [1.807, 2.05) is 18.7 Å². The van der Waals surface area contributed by atoms with Crippen molar-refractivity contribution < 1.29 is 9.53 Å². The average molecular weight is 214 g/mol. The molecule has 4 nitrogen and oxygen atoms in total. The summed E-state index contributed by atoms with van der Waals surface area (Å²) in [6.45, 7) is 7.24. The topological polar surface area (TPSA) is 41.6 Å². The summed E-state index contributed by atoms with van der Waals surface area (Å²) in [6.07, 6.45) is 2.05. The van der Waals surface area contributed by atoms with Crippen LogP contribution in [0.15, 0.2) is 0 Å². The van der Waals surface area contributed by atoms with Gasteiger partial charge in [0.2, 0.25) is 5.91 Å². The van der Waals surface area contributed by atoms with E-state index >= 15 is 0 Å². The number of carbonyl (C=O) groups is 1. The molecule has 4 heteroatoms. The smallest absolute Gasteiger partial charge is 0.242 e. The first-order chi connectivity index (χ1) is 7.08. The van der Waals surface area contributed by atoms with Gasteiger partial charge in [0.15, 0.2) is 0 Å². The van der Waals surface area contributed by atoms with Gasteiger partial charge in [-0.3, -0.25) is 4.79 Å². The summed E-state index contributed by atoms with van der Waals surface area (Å²) in [4.78, 5) is 13.9. The standard InChI is InChI=1S/C11H22N2O2/c1-11(2)10(14)13(8-6-12-11)7-4-5-9-15-3/h12H,4-9H2,1-3H3. The number of unbranched alkanes of at least 4 members (excludes halogenated alkanes) is 1. The van der Waals surface area contributed by atoms with Crippen molar-refractivity contribution >= 4 is 5.91 Å². The lowest BCUT2D eigenvalue weighted by atomic mass is 10.0. The van der Waals surface area contributed by atoms with E-state index in [1.54, 1.807) is 7.11 Å². The van der Waals surface area contributed by atoms with Crippen molar-refractivity contribution in [1.82, 2.24) is 10.2 Å². The highest BCUT2D eigenvalue weighted by Crippen LogP contribution is 2.12. The van der Waals surface area contributed by atoms with Gasteiger partial charge in [-0.15, -0.1) is 0 Å². The Bertz CT molecular complexity index is 217. The molecule has 1 fully saturated rings. The highest BCUT2D eigenvalue weighted by atomic mass is 16.5. The van der Waals surface area contributed by atoms with Gasteiger partial charge in [-0.05, 0) is 26.7 Å². The highest BCUT2D eigenvalue weighted by Gasteiger charge is 2.34. The molecule has 15 heavy (non-hydrogen) atoms. The van der Waals surface area contributed by atoms with Crippen LogP contribution in [0.25, 0.3) is 0 Å². The molecule has 0 spiro atoms. The molecule has 0 aromatic rings. The molecule has 1 aliphatic rings. The summed E-state index contributed by atoms with van der Waals surface area (Å²) in [7, 11) is 1.71. The number of amides is 1. The Morgan fingerprint density at radius 1 is 1.47 bits per heavy atom. The number of hydrogen-bond acceptors (Lipinski definition) is 3. The van der Waals surface area contributed by atoms with E-state index in [0.717, 1.165) is 39.1 Å². The maximum Gasteiger partial charge on any atom is 0.242 e. The highest BCUT2D eigenvalue weighted by molar-refractivity contribution is 5.86. The fraction of sp³-hybridized carbons (Fsp3) is 0.909. The Labute approximate surface area is 92.0 Å². The minimum Gasteiger partial charge on any atom is -0.385 e. The zero-order valence-electron chi connectivity index (χ0n) is 10.0. The molecular weight excluding hydrogens is 192 g/mol. The first-order valence-electron chi connectivity index (χ1n) is 5.61. The normalized spacial score (nSPS) is 20.7. The Hall–Kier alpha value is -0.610. The lowest BCUT2D eigenvalue weighted by molar-refractivity contribution is -0.139. The van der Waals surface area contributed by atoms with Crippen LogP contribution in [0.5, 0.6) is 0 Å². The molecule has 0 atom stereocenters. The van der Waals surface area contributed by atoms with Gasteiger partial charge in [-0.2, -0.15) is 0 Å². The van der Waals surface area contributed by atoms with E-state index in [1.165, 1.54) is 0 Å². The molecule has 1 saturated heterocycles. The van der Waals surface area contributed by atoms with Crippen molar-refractivity contribution in [3.8, 4) is 0 Å².